The molecule has 0 fully saturated rings. The number of rotatable bonds is 1. The number of aromatic nitrogens is 2. The molecule has 5 heteroatoms. The van der Waals surface area contributed by atoms with Crippen molar-refractivity contribution in [3.8, 4) is 5.69 Å². The first-order valence-corrected chi connectivity index (χ1v) is 11.4. The molecule has 0 aliphatic carbocycles. The van der Waals surface area contributed by atoms with Crippen LogP contribution in [0.1, 0.15) is 25.3 Å². The summed E-state index contributed by atoms with van der Waals surface area (Å²) < 4.78 is 29.4. The number of pyridine rings is 1. The molecule has 1 aliphatic heterocycles. The van der Waals surface area contributed by atoms with E-state index in [9.17, 15) is 7.67 Å². The van der Waals surface area contributed by atoms with Crippen LogP contribution in [0, 0.1) is 0 Å². The molecule has 4 aromatic rings. The van der Waals surface area contributed by atoms with E-state index in [1.165, 1.54) is 0 Å². The van der Waals surface area contributed by atoms with Gasteiger partial charge in [-0.3, -0.25) is 0 Å². The van der Waals surface area contributed by atoms with E-state index in [0.29, 0.717) is 14.8 Å². The summed E-state index contributed by atoms with van der Waals surface area (Å²) in [7, 11) is 0. The van der Waals surface area contributed by atoms with E-state index in [1.807, 2.05) is 41.0 Å². The van der Waals surface area contributed by atoms with Gasteiger partial charge < -0.3 is 0 Å². The first kappa shape index (κ1) is 14.8. The van der Waals surface area contributed by atoms with E-state index in [-0.39, 0.29) is 0 Å². The average Bonchev–Trinajstić information content (AvgIpc) is 2.95. The van der Waals surface area contributed by atoms with Crippen LogP contribution in [0.3, 0.4) is 0 Å². The Kier molecular flexibility index (Phi) is 2.83. The van der Waals surface area contributed by atoms with Crippen molar-refractivity contribution in [2.45, 2.75) is 19.8 Å². The monoisotopic (exact) mass is 396 g/mol. The standard InChI is InChI=1S/C20H16N2O2Se/c1-12(2)13-8-9-17-16(11-13)22-19-14(15-6-4-10-21-20(15)22)5-3-7-18(19)25(17,23)24/h3-12H,1-2H3. The molecule has 0 radical (unpaired) electrons. The predicted octanol–water partition coefficient (Wildman–Crippen LogP) is 3.03. The second-order valence-electron chi connectivity index (χ2n) is 6.75. The Morgan fingerprint density at radius 2 is 1.76 bits per heavy atom. The summed E-state index contributed by atoms with van der Waals surface area (Å²) in [6.45, 7) is 4.22. The summed E-state index contributed by atoms with van der Waals surface area (Å²) >= 11 is -4.45. The maximum absolute atomic E-state index is 13.3. The molecule has 0 unspecified atom stereocenters. The topological polar surface area (TPSA) is 52.0 Å². The number of para-hydroxylation sites is 1. The molecule has 2 aromatic carbocycles. The van der Waals surface area contributed by atoms with Gasteiger partial charge in [0.05, 0.1) is 0 Å². The van der Waals surface area contributed by atoms with Gasteiger partial charge in [-0.25, -0.2) is 0 Å². The molecule has 0 saturated heterocycles. The van der Waals surface area contributed by atoms with Crippen molar-refractivity contribution in [2.75, 3.05) is 0 Å². The van der Waals surface area contributed by atoms with Crippen LogP contribution < -0.4 is 8.92 Å². The molecule has 0 saturated carbocycles. The van der Waals surface area contributed by atoms with E-state index < -0.39 is 12.7 Å². The van der Waals surface area contributed by atoms with Crippen molar-refractivity contribution < 1.29 is 7.67 Å². The molecular formula is C20H16N2O2Se. The van der Waals surface area contributed by atoms with Crippen molar-refractivity contribution in [3.05, 3.63) is 60.3 Å². The summed E-state index contributed by atoms with van der Waals surface area (Å²) in [6.07, 6.45) is 1.76. The summed E-state index contributed by atoms with van der Waals surface area (Å²) in [6, 6.07) is 15.1. The third-order valence-corrected chi connectivity index (χ3v) is 8.83. The van der Waals surface area contributed by atoms with Crippen molar-refractivity contribution in [2.24, 2.45) is 0 Å². The van der Waals surface area contributed by atoms with Crippen LogP contribution in [0.2, 0.25) is 0 Å². The molecule has 124 valence electrons. The van der Waals surface area contributed by atoms with Crippen molar-refractivity contribution in [1.82, 2.24) is 9.55 Å². The molecule has 25 heavy (non-hydrogen) atoms. The van der Waals surface area contributed by atoms with E-state index >= 15 is 0 Å². The van der Waals surface area contributed by atoms with E-state index in [2.05, 4.69) is 18.8 Å². The van der Waals surface area contributed by atoms with E-state index in [0.717, 1.165) is 33.2 Å². The van der Waals surface area contributed by atoms with Gasteiger partial charge in [0.2, 0.25) is 0 Å². The van der Waals surface area contributed by atoms with Gasteiger partial charge in [0.1, 0.15) is 0 Å². The Labute approximate surface area is 146 Å². The van der Waals surface area contributed by atoms with Gasteiger partial charge in [-0.15, -0.1) is 0 Å². The predicted molar refractivity (Wildman–Crippen MR) is 99.1 cm³/mol. The average molecular weight is 395 g/mol. The molecule has 5 rings (SSSR count). The molecule has 0 spiro atoms. The van der Waals surface area contributed by atoms with Crippen molar-refractivity contribution in [3.63, 3.8) is 0 Å². The van der Waals surface area contributed by atoms with Crippen LogP contribution >= 0.6 is 0 Å². The van der Waals surface area contributed by atoms with Gasteiger partial charge in [0.15, 0.2) is 0 Å². The van der Waals surface area contributed by atoms with Crippen LogP contribution in [0.25, 0.3) is 27.6 Å². The SMILES string of the molecule is CC(C)c1ccc2c(c1)-n1c3ncccc3c3cccc(c31)[Se]2(=O)=O. The Hall–Kier alpha value is -2.49. The Morgan fingerprint density at radius 3 is 2.56 bits per heavy atom. The van der Waals surface area contributed by atoms with E-state index in [1.54, 1.807) is 18.3 Å². The zero-order valence-corrected chi connectivity index (χ0v) is 15.6. The summed E-state index contributed by atoms with van der Waals surface area (Å²) in [4.78, 5) is 4.56. The molecular weight excluding hydrogens is 379 g/mol. The molecule has 0 N–H and O–H groups in total. The van der Waals surface area contributed by atoms with E-state index in [4.69, 9.17) is 0 Å². The molecule has 4 nitrogen and oxygen atoms in total. The minimum atomic E-state index is -4.45. The number of nitrogens with zero attached hydrogens (tertiary/aromatic N) is 2. The van der Waals surface area contributed by atoms with Gasteiger partial charge in [0, 0.05) is 0 Å². The Morgan fingerprint density at radius 1 is 0.960 bits per heavy atom. The fraction of sp³-hybridized carbons (Fsp3) is 0.150. The minimum absolute atomic E-state index is 0.323. The Balaban J connectivity index is 2.09. The zero-order valence-electron chi connectivity index (χ0n) is 13.9. The summed E-state index contributed by atoms with van der Waals surface area (Å²) in [5, 5.41) is 1.92. The molecule has 0 atom stereocenters. The number of hydrogen-bond acceptors (Lipinski definition) is 3. The number of benzene rings is 2. The second-order valence-corrected chi connectivity index (χ2v) is 10.7. The first-order chi connectivity index (χ1) is 12.0. The molecule has 1 aliphatic rings. The quantitative estimate of drug-likeness (QED) is 0.410. The van der Waals surface area contributed by atoms with Crippen LogP contribution in [-0.2, 0) is 7.67 Å². The molecule has 3 heterocycles. The second kappa shape index (κ2) is 4.78. The zero-order chi connectivity index (χ0) is 17.3. The van der Waals surface area contributed by atoms with Gasteiger partial charge in [-0.2, -0.15) is 0 Å². The van der Waals surface area contributed by atoms with Crippen LogP contribution in [0.4, 0.5) is 0 Å². The van der Waals surface area contributed by atoms with Gasteiger partial charge >= 0.3 is 147 Å². The molecule has 0 bridgehead atoms. The third kappa shape index (κ3) is 1.80. The van der Waals surface area contributed by atoms with Gasteiger partial charge in [-0.1, -0.05) is 0 Å². The maximum atomic E-state index is 13.3. The molecule has 2 aromatic heterocycles. The van der Waals surface area contributed by atoms with Crippen LogP contribution in [0.15, 0.2) is 54.7 Å². The Bertz CT molecular complexity index is 1280. The first-order valence-electron chi connectivity index (χ1n) is 8.27. The molecule has 0 amide bonds. The van der Waals surface area contributed by atoms with Crippen LogP contribution in [0.5, 0.6) is 0 Å². The summed E-state index contributed by atoms with van der Waals surface area (Å²) in [5.74, 6) is 0.323. The summed E-state index contributed by atoms with van der Waals surface area (Å²) in [5.41, 5.74) is 3.42. The number of fused-ring (bicyclic) bond motifs is 5. The van der Waals surface area contributed by atoms with Crippen molar-refractivity contribution >= 4 is 43.6 Å². The van der Waals surface area contributed by atoms with Gasteiger partial charge in [0.25, 0.3) is 0 Å². The van der Waals surface area contributed by atoms with Crippen LogP contribution in [-0.4, -0.2) is 22.3 Å². The number of hydrogen-bond donors (Lipinski definition) is 0. The van der Waals surface area contributed by atoms with Gasteiger partial charge in [-0.05, 0) is 0 Å². The normalized spacial score (nSPS) is 15.0. The fourth-order valence-electron chi connectivity index (χ4n) is 3.73. The fourth-order valence-corrected chi connectivity index (χ4v) is 7.13. The van der Waals surface area contributed by atoms with Crippen molar-refractivity contribution in [1.29, 1.82) is 0 Å². The third-order valence-electron chi connectivity index (χ3n) is 4.98.